The molecule has 2 heterocycles. The SMILES string of the molecule is Clc1ccc2ncn(C3CC[N]CC3)c2c1. The summed E-state index contributed by atoms with van der Waals surface area (Å²) in [5.74, 6) is 0. The van der Waals surface area contributed by atoms with Crippen LogP contribution in [0.3, 0.4) is 0 Å². The summed E-state index contributed by atoms with van der Waals surface area (Å²) in [6.07, 6.45) is 4.15. The molecule has 1 aromatic carbocycles. The van der Waals surface area contributed by atoms with Crippen molar-refractivity contribution in [1.82, 2.24) is 14.9 Å². The van der Waals surface area contributed by atoms with Crippen molar-refractivity contribution < 1.29 is 0 Å². The summed E-state index contributed by atoms with van der Waals surface area (Å²) < 4.78 is 2.25. The predicted octanol–water partition coefficient (Wildman–Crippen LogP) is 2.63. The number of imidazole rings is 1. The van der Waals surface area contributed by atoms with Crippen LogP contribution in [0.2, 0.25) is 5.02 Å². The minimum Gasteiger partial charge on any atom is -0.327 e. The largest absolute Gasteiger partial charge is 0.327 e. The van der Waals surface area contributed by atoms with Gasteiger partial charge in [0, 0.05) is 24.2 Å². The van der Waals surface area contributed by atoms with Crippen molar-refractivity contribution in [2.75, 3.05) is 13.1 Å². The van der Waals surface area contributed by atoms with Gasteiger partial charge in [-0.1, -0.05) is 11.6 Å². The molecule has 1 aromatic heterocycles. The molecule has 0 atom stereocenters. The molecule has 0 amide bonds. The van der Waals surface area contributed by atoms with Crippen molar-refractivity contribution in [3.05, 3.63) is 29.5 Å². The van der Waals surface area contributed by atoms with Gasteiger partial charge >= 0.3 is 0 Å². The van der Waals surface area contributed by atoms with E-state index in [-0.39, 0.29) is 0 Å². The van der Waals surface area contributed by atoms with E-state index in [1.54, 1.807) is 0 Å². The van der Waals surface area contributed by atoms with Crippen molar-refractivity contribution >= 4 is 22.6 Å². The minimum atomic E-state index is 0.529. The Kier molecular flexibility index (Phi) is 2.58. The highest BCUT2D eigenvalue weighted by atomic mass is 35.5. The summed E-state index contributed by atoms with van der Waals surface area (Å²) in [5.41, 5.74) is 2.16. The van der Waals surface area contributed by atoms with Crippen molar-refractivity contribution in [3.63, 3.8) is 0 Å². The normalized spacial score (nSPS) is 18.1. The zero-order valence-electron chi connectivity index (χ0n) is 8.93. The van der Waals surface area contributed by atoms with E-state index >= 15 is 0 Å². The topological polar surface area (TPSA) is 31.9 Å². The monoisotopic (exact) mass is 234 g/mol. The van der Waals surface area contributed by atoms with E-state index in [9.17, 15) is 0 Å². The molecule has 83 valence electrons. The van der Waals surface area contributed by atoms with Crippen LogP contribution in [-0.4, -0.2) is 22.6 Å². The van der Waals surface area contributed by atoms with E-state index in [0.29, 0.717) is 6.04 Å². The summed E-state index contributed by atoms with van der Waals surface area (Å²) in [5, 5.41) is 5.15. The molecule has 0 N–H and O–H groups in total. The van der Waals surface area contributed by atoms with E-state index in [2.05, 4.69) is 14.9 Å². The molecular weight excluding hydrogens is 222 g/mol. The number of hydrogen-bond acceptors (Lipinski definition) is 1. The molecule has 1 aliphatic heterocycles. The van der Waals surface area contributed by atoms with Crippen LogP contribution < -0.4 is 5.32 Å². The molecule has 3 rings (SSSR count). The predicted molar refractivity (Wildman–Crippen MR) is 64.9 cm³/mol. The number of hydrogen-bond donors (Lipinski definition) is 0. The third-order valence-corrected chi connectivity index (χ3v) is 3.41. The lowest BCUT2D eigenvalue weighted by molar-refractivity contribution is 0.370. The quantitative estimate of drug-likeness (QED) is 0.747. The average Bonchev–Trinajstić information content (AvgIpc) is 2.73. The fourth-order valence-electron chi connectivity index (χ4n) is 2.31. The Morgan fingerprint density at radius 2 is 2.06 bits per heavy atom. The molecule has 0 bridgehead atoms. The van der Waals surface area contributed by atoms with Gasteiger partial charge < -0.3 is 4.57 Å². The van der Waals surface area contributed by atoms with Crippen LogP contribution in [0.15, 0.2) is 24.5 Å². The first kappa shape index (κ1) is 10.1. The summed E-state index contributed by atoms with van der Waals surface area (Å²) in [6.45, 7) is 1.93. The number of aromatic nitrogens is 2. The third-order valence-electron chi connectivity index (χ3n) is 3.17. The number of fused-ring (bicyclic) bond motifs is 1. The number of rotatable bonds is 1. The molecule has 0 aliphatic carbocycles. The van der Waals surface area contributed by atoms with Crippen LogP contribution in [0, 0.1) is 0 Å². The fraction of sp³-hybridized carbons (Fsp3) is 0.417. The standard InChI is InChI=1S/C12H13ClN3/c13-9-1-2-11-12(7-9)16(8-15-11)10-3-5-14-6-4-10/h1-2,7-8,10H,3-6H2. The molecule has 0 unspecified atom stereocenters. The highest BCUT2D eigenvalue weighted by Crippen LogP contribution is 2.26. The molecule has 1 fully saturated rings. The number of benzene rings is 1. The van der Waals surface area contributed by atoms with Crippen molar-refractivity contribution in [2.45, 2.75) is 18.9 Å². The lowest BCUT2D eigenvalue weighted by Crippen LogP contribution is -2.24. The molecule has 4 heteroatoms. The fourth-order valence-corrected chi connectivity index (χ4v) is 2.47. The first-order valence-electron chi connectivity index (χ1n) is 5.60. The van der Waals surface area contributed by atoms with E-state index < -0.39 is 0 Å². The van der Waals surface area contributed by atoms with Gasteiger partial charge in [0.25, 0.3) is 0 Å². The Hall–Kier alpha value is -1.06. The highest BCUT2D eigenvalue weighted by molar-refractivity contribution is 6.31. The van der Waals surface area contributed by atoms with E-state index in [0.717, 1.165) is 42.0 Å². The molecule has 3 nitrogen and oxygen atoms in total. The summed E-state index contributed by atoms with van der Waals surface area (Å²) in [4.78, 5) is 4.41. The molecule has 1 aliphatic rings. The second-order valence-corrected chi connectivity index (χ2v) is 4.62. The Morgan fingerprint density at radius 1 is 1.25 bits per heavy atom. The van der Waals surface area contributed by atoms with Gasteiger partial charge in [-0.25, -0.2) is 10.3 Å². The van der Waals surface area contributed by atoms with Crippen LogP contribution >= 0.6 is 11.6 Å². The summed E-state index contributed by atoms with van der Waals surface area (Å²) in [7, 11) is 0. The van der Waals surface area contributed by atoms with Gasteiger partial charge in [-0.15, -0.1) is 0 Å². The van der Waals surface area contributed by atoms with Gasteiger partial charge in [0.15, 0.2) is 0 Å². The minimum absolute atomic E-state index is 0.529. The van der Waals surface area contributed by atoms with Crippen LogP contribution in [0.25, 0.3) is 11.0 Å². The Balaban J connectivity index is 2.05. The van der Waals surface area contributed by atoms with Gasteiger partial charge in [-0.05, 0) is 31.0 Å². The number of piperidine rings is 1. The lowest BCUT2D eigenvalue weighted by atomic mass is 10.1. The lowest BCUT2D eigenvalue weighted by Gasteiger charge is -2.23. The van der Waals surface area contributed by atoms with E-state index in [1.807, 2.05) is 24.5 Å². The molecule has 0 saturated carbocycles. The number of nitrogens with zero attached hydrogens (tertiary/aromatic N) is 3. The Labute approximate surface area is 99.4 Å². The van der Waals surface area contributed by atoms with Crippen LogP contribution in [0.1, 0.15) is 18.9 Å². The molecule has 1 radical (unpaired) electrons. The molecule has 1 saturated heterocycles. The zero-order valence-corrected chi connectivity index (χ0v) is 9.69. The first-order chi connectivity index (χ1) is 7.84. The van der Waals surface area contributed by atoms with E-state index in [4.69, 9.17) is 11.6 Å². The average molecular weight is 235 g/mol. The van der Waals surface area contributed by atoms with Crippen molar-refractivity contribution in [3.8, 4) is 0 Å². The second-order valence-electron chi connectivity index (χ2n) is 4.19. The molecule has 16 heavy (non-hydrogen) atoms. The Morgan fingerprint density at radius 3 is 2.88 bits per heavy atom. The van der Waals surface area contributed by atoms with Gasteiger partial charge in [-0.3, -0.25) is 0 Å². The maximum absolute atomic E-state index is 6.03. The molecule has 0 spiro atoms. The highest BCUT2D eigenvalue weighted by Gasteiger charge is 2.17. The van der Waals surface area contributed by atoms with Gasteiger partial charge in [0.05, 0.1) is 17.4 Å². The van der Waals surface area contributed by atoms with Crippen LogP contribution in [-0.2, 0) is 0 Å². The van der Waals surface area contributed by atoms with Gasteiger partial charge in [0.1, 0.15) is 0 Å². The van der Waals surface area contributed by atoms with Crippen LogP contribution in [0.4, 0.5) is 0 Å². The molecular formula is C12H13ClN3. The van der Waals surface area contributed by atoms with Crippen LogP contribution in [0.5, 0.6) is 0 Å². The zero-order chi connectivity index (χ0) is 11.0. The van der Waals surface area contributed by atoms with E-state index in [1.165, 1.54) is 0 Å². The number of halogens is 1. The summed E-state index contributed by atoms with van der Waals surface area (Å²) >= 11 is 6.03. The maximum atomic E-state index is 6.03. The second kappa shape index (κ2) is 4.07. The summed E-state index contributed by atoms with van der Waals surface area (Å²) in [6, 6.07) is 6.38. The van der Waals surface area contributed by atoms with Gasteiger partial charge in [-0.2, -0.15) is 0 Å². The van der Waals surface area contributed by atoms with Crippen molar-refractivity contribution in [2.24, 2.45) is 0 Å². The smallest absolute Gasteiger partial charge is 0.0960 e. The van der Waals surface area contributed by atoms with Gasteiger partial charge in [0.2, 0.25) is 0 Å². The molecule has 2 aromatic rings. The van der Waals surface area contributed by atoms with Crippen molar-refractivity contribution in [1.29, 1.82) is 0 Å². The first-order valence-corrected chi connectivity index (χ1v) is 5.98. The third kappa shape index (κ3) is 1.70. The Bertz CT molecular complexity index is 500. The maximum Gasteiger partial charge on any atom is 0.0960 e.